The van der Waals surface area contributed by atoms with Crippen LogP contribution in [0.4, 0.5) is 0 Å². The predicted octanol–water partition coefficient (Wildman–Crippen LogP) is 3.79. The first-order chi connectivity index (χ1) is 22.4. The average molecular weight is 679 g/mol. The fraction of sp³-hybridized carbons (Fsp3) is 0.833. The van der Waals surface area contributed by atoms with Crippen LogP contribution in [-0.4, -0.2) is 107 Å². The highest BCUT2D eigenvalue weighted by molar-refractivity contribution is 5.95. The van der Waals surface area contributed by atoms with Crippen LogP contribution < -0.4 is 5.32 Å². The molecule has 2 saturated heterocycles. The fourth-order valence-electron chi connectivity index (χ4n) is 6.79. The Morgan fingerprint density at radius 1 is 0.729 bits per heavy atom. The van der Waals surface area contributed by atoms with Crippen molar-refractivity contribution >= 4 is 35.6 Å². The molecule has 0 aliphatic carbocycles. The van der Waals surface area contributed by atoms with Gasteiger partial charge in [0.2, 0.25) is 17.7 Å². The second kappa shape index (κ2) is 18.0. The predicted molar refractivity (Wildman–Crippen MR) is 182 cm³/mol. The molecule has 12 heteroatoms. The minimum absolute atomic E-state index is 0.299. The lowest BCUT2D eigenvalue weighted by Gasteiger charge is -2.36. The van der Waals surface area contributed by atoms with E-state index in [0.717, 1.165) is 19.3 Å². The lowest BCUT2D eigenvalue weighted by Crippen LogP contribution is -2.57. The third-order valence-electron chi connectivity index (χ3n) is 9.75. The van der Waals surface area contributed by atoms with Crippen molar-refractivity contribution < 1.29 is 38.2 Å². The van der Waals surface area contributed by atoms with Gasteiger partial charge in [-0.25, -0.2) is 9.59 Å². The van der Waals surface area contributed by atoms with Gasteiger partial charge in [0.1, 0.15) is 30.3 Å². The van der Waals surface area contributed by atoms with Crippen LogP contribution in [0.5, 0.6) is 0 Å². The number of amides is 4. The van der Waals surface area contributed by atoms with Gasteiger partial charge in [0.25, 0.3) is 5.91 Å². The molecule has 0 bridgehead atoms. The second-order valence-corrected chi connectivity index (χ2v) is 15.1. The van der Waals surface area contributed by atoms with Gasteiger partial charge in [0.15, 0.2) is 6.10 Å². The van der Waals surface area contributed by atoms with Gasteiger partial charge in [-0.3, -0.25) is 19.2 Å². The maximum atomic E-state index is 14.0. The van der Waals surface area contributed by atoms with Crippen molar-refractivity contribution in [1.82, 2.24) is 20.0 Å². The van der Waals surface area contributed by atoms with Crippen LogP contribution in [0.2, 0.25) is 0 Å². The highest BCUT2D eigenvalue weighted by Crippen LogP contribution is 2.27. The van der Waals surface area contributed by atoms with Crippen LogP contribution in [0.15, 0.2) is 0 Å². The fourth-order valence-corrected chi connectivity index (χ4v) is 6.79. The molecule has 2 aliphatic rings. The molecule has 2 fully saturated rings. The van der Waals surface area contributed by atoms with E-state index in [4.69, 9.17) is 9.47 Å². The zero-order valence-electron chi connectivity index (χ0n) is 31.4. The topological polar surface area (TPSA) is 143 Å². The summed E-state index contributed by atoms with van der Waals surface area (Å²) in [5, 5.41) is 2.88. The largest absolute Gasteiger partial charge is 0.460 e. The molecule has 7 atom stereocenters. The van der Waals surface area contributed by atoms with E-state index in [-0.39, 0.29) is 17.8 Å². The Hall–Kier alpha value is -3.18. The summed E-state index contributed by atoms with van der Waals surface area (Å²) in [5.41, 5.74) is 0. The molecule has 1 N–H and O–H groups in total. The Labute approximate surface area is 288 Å². The van der Waals surface area contributed by atoms with E-state index in [0.29, 0.717) is 25.8 Å². The van der Waals surface area contributed by atoms with Gasteiger partial charge in [0, 0.05) is 20.6 Å². The number of nitrogens with zero attached hydrogens (tertiary/aromatic N) is 3. The Kier molecular flexibility index (Phi) is 15.4. The maximum absolute atomic E-state index is 14.0. The van der Waals surface area contributed by atoms with Gasteiger partial charge >= 0.3 is 11.9 Å². The van der Waals surface area contributed by atoms with Gasteiger partial charge in [-0.15, -0.1) is 0 Å². The van der Waals surface area contributed by atoms with Crippen LogP contribution >= 0.6 is 0 Å². The number of unbranched alkanes of at least 4 members (excludes halogenated alkanes) is 2. The average Bonchev–Trinajstić information content (AvgIpc) is 3.49. The summed E-state index contributed by atoms with van der Waals surface area (Å²) in [6.07, 6.45) is 1.92. The minimum Gasteiger partial charge on any atom is -0.460 e. The molecule has 0 aromatic rings. The molecule has 1 unspecified atom stereocenters. The van der Waals surface area contributed by atoms with Crippen molar-refractivity contribution in [2.75, 3.05) is 20.6 Å². The Balaban J connectivity index is 2.71. The molecule has 0 aromatic carbocycles. The van der Waals surface area contributed by atoms with Crippen molar-refractivity contribution in [2.45, 2.75) is 144 Å². The van der Waals surface area contributed by atoms with Gasteiger partial charge < -0.3 is 29.5 Å². The number of rotatable bonds is 8. The third-order valence-corrected chi connectivity index (χ3v) is 9.75. The van der Waals surface area contributed by atoms with E-state index in [1.165, 1.54) is 21.7 Å². The van der Waals surface area contributed by atoms with Crippen LogP contribution in [-0.2, 0) is 38.2 Å². The van der Waals surface area contributed by atoms with E-state index in [2.05, 4.69) is 12.2 Å². The molecule has 2 aliphatic heterocycles. The van der Waals surface area contributed by atoms with E-state index in [1.54, 1.807) is 55.5 Å². The number of esters is 2. The monoisotopic (exact) mass is 678 g/mol. The van der Waals surface area contributed by atoms with Gasteiger partial charge in [-0.05, 0) is 49.4 Å². The summed E-state index contributed by atoms with van der Waals surface area (Å²) in [5.74, 6) is -5.45. The van der Waals surface area contributed by atoms with Gasteiger partial charge in [0.05, 0.1) is 5.92 Å². The summed E-state index contributed by atoms with van der Waals surface area (Å²) in [6.45, 7) is 18.4. The molecular weight excluding hydrogens is 616 g/mol. The third kappa shape index (κ3) is 9.71. The highest BCUT2D eigenvalue weighted by Gasteiger charge is 2.45. The SMILES string of the molecule is CCCCC[C@@H]1OC(=O)[C@@H](C(C)C)N(C)C(=O)[C@H]2CCCN2C(=O)C(C(C)C)OC(=O)[C@@H](C(C)C)N(C)C(=O)[C@@H](C(C)C)NC(=O)[C@@H]1C. The molecule has 0 spiro atoms. The second-order valence-electron chi connectivity index (χ2n) is 15.1. The van der Waals surface area contributed by atoms with Gasteiger partial charge in [-0.1, -0.05) is 82.1 Å². The minimum atomic E-state index is -1.20. The summed E-state index contributed by atoms with van der Waals surface area (Å²) in [7, 11) is 3.04. The van der Waals surface area contributed by atoms with Gasteiger partial charge in [-0.2, -0.15) is 0 Å². The zero-order chi connectivity index (χ0) is 36.6. The molecule has 274 valence electrons. The highest BCUT2D eigenvalue weighted by atomic mass is 16.6. The molecule has 2 heterocycles. The standard InChI is InChI=1S/C36H62N4O8/c1-13-14-15-18-26-24(10)31(41)37-27(20(2)3)33(43)39(12)29(22(6)7)36(46)48-30(23(8)9)34(44)40-19-16-17-25(40)32(42)38(11)28(21(4)5)35(45)47-26/h20-30H,13-19H2,1-12H3,(H,37,41)/t24-,25-,26+,27-,28-,29-,30?/m1/s1. The first-order valence-electron chi connectivity index (χ1n) is 17.9. The molecule has 0 radical (unpaired) electrons. The maximum Gasteiger partial charge on any atom is 0.329 e. The van der Waals surface area contributed by atoms with Crippen LogP contribution in [0, 0.1) is 29.6 Å². The lowest BCUT2D eigenvalue weighted by molar-refractivity contribution is -0.172. The molecular formula is C36H62N4O8. The van der Waals surface area contributed by atoms with Crippen molar-refractivity contribution in [3.63, 3.8) is 0 Å². The first kappa shape index (κ1) is 41.0. The summed E-state index contributed by atoms with van der Waals surface area (Å²) >= 11 is 0. The number of nitrogens with one attached hydrogen (secondary N) is 1. The Morgan fingerprint density at radius 2 is 1.27 bits per heavy atom. The first-order valence-corrected chi connectivity index (χ1v) is 17.9. The number of fused-ring (bicyclic) bond motifs is 1. The summed E-state index contributed by atoms with van der Waals surface area (Å²) < 4.78 is 12.0. The molecule has 12 nitrogen and oxygen atoms in total. The van der Waals surface area contributed by atoms with Crippen molar-refractivity contribution in [1.29, 1.82) is 0 Å². The van der Waals surface area contributed by atoms with E-state index >= 15 is 0 Å². The number of ether oxygens (including phenoxy) is 2. The molecule has 48 heavy (non-hydrogen) atoms. The quantitative estimate of drug-likeness (QED) is 0.302. The number of carbonyl (C=O) groups excluding carboxylic acids is 6. The number of cyclic esters (lactones) is 2. The van der Waals surface area contributed by atoms with Crippen LogP contribution in [0.25, 0.3) is 0 Å². The molecule has 2 rings (SSSR count). The van der Waals surface area contributed by atoms with E-state index in [9.17, 15) is 28.8 Å². The molecule has 0 aromatic heterocycles. The molecule has 4 amide bonds. The molecule has 0 saturated carbocycles. The van der Waals surface area contributed by atoms with E-state index in [1.807, 2.05) is 13.8 Å². The van der Waals surface area contributed by atoms with Crippen molar-refractivity contribution in [3.8, 4) is 0 Å². The number of hydrogen-bond acceptors (Lipinski definition) is 8. The summed E-state index contributed by atoms with van der Waals surface area (Å²) in [6, 6.07) is -3.83. The smallest absolute Gasteiger partial charge is 0.329 e. The van der Waals surface area contributed by atoms with Crippen molar-refractivity contribution in [2.24, 2.45) is 29.6 Å². The Bertz CT molecular complexity index is 1150. The number of carbonyl (C=O) groups is 6. The lowest BCUT2D eigenvalue weighted by atomic mass is 9.94. The van der Waals surface area contributed by atoms with Crippen LogP contribution in [0.3, 0.4) is 0 Å². The Morgan fingerprint density at radius 3 is 1.77 bits per heavy atom. The zero-order valence-corrected chi connectivity index (χ0v) is 31.4. The van der Waals surface area contributed by atoms with Crippen molar-refractivity contribution in [3.05, 3.63) is 0 Å². The normalized spacial score (nSPS) is 29.2. The summed E-state index contributed by atoms with van der Waals surface area (Å²) in [4.78, 5) is 87.7. The number of likely N-dealkylation sites (N-methyl/N-ethyl adjacent to an activating group) is 2. The van der Waals surface area contributed by atoms with Crippen LogP contribution in [0.1, 0.15) is 108 Å². The van der Waals surface area contributed by atoms with E-state index < -0.39 is 83.8 Å². The number of hydrogen-bond donors (Lipinski definition) is 1.